The summed E-state index contributed by atoms with van der Waals surface area (Å²) in [6.07, 6.45) is 0. The Morgan fingerprint density at radius 1 is 1.24 bits per heavy atom. The summed E-state index contributed by atoms with van der Waals surface area (Å²) in [6, 6.07) is 13.4. The van der Waals surface area contributed by atoms with Crippen LogP contribution >= 0.6 is 0 Å². The third-order valence-corrected chi connectivity index (χ3v) is 3.71. The van der Waals surface area contributed by atoms with Crippen molar-refractivity contribution in [3.63, 3.8) is 0 Å². The quantitative estimate of drug-likeness (QED) is 0.763. The number of halogens is 1. The number of aryl methyl sites for hydroxylation is 1. The van der Waals surface area contributed by atoms with E-state index >= 15 is 0 Å². The fourth-order valence-corrected chi connectivity index (χ4v) is 2.34. The molecule has 0 saturated heterocycles. The maximum Gasteiger partial charge on any atom is 0.126 e. The zero-order chi connectivity index (χ0) is 14.8. The largest absolute Gasteiger partial charge is 0.341 e. The zero-order valence-electron chi connectivity index (χ0n) is 12.2. The number of rotatable bonds is 4. The van der Waals surface area contributed by atoms with Gasteiger partial charge >= 0.3 is 0 Å². The van der Waals surface area contributed by atoms with Crippen LogP contribution in [0.5, 0.6) is 0 Å². The molecule has 108 valence electrons. The number of imidazole rings is 1. The molecule has 3 rings (SSSR count). The molecule has 1 atom stereocenters. The van der Waals surface area contributed by atoms with E-state index < -0.39 is 0 Å². The number of nitrogens with one attached hydrogen (secondary N) is 2. The predicted molar refractivity (Wildman–Crippen MR) is 82.5 cm³/mol. The van der Waals surface area contributed by atoms with E-state index in [9.17, 15) is 4.39 Å². The predicted octanol–water partition coefficient (Wildman–Crippen LogP) is 3.86. The Kier molecular flexibility index (Phi) is 3.71. The molecule has 0 spiro atoms. The highest BCUT2D eigenvalue weighted by Gasteiger charge is 2.09. The zero-order valence-corrected chi connectivity index (χ0v) is 12.2. The van der Waals surface area contributed by atoms with E-state index in [4.69, 9.17) is 0 Å². The van der Waals surface area contributed by atoms with Crippen molar-refractivity contribution in [3.05, 3.63) is 65.2 Å². The van der Waals surface area contributed by atoms with Crippen molar-refractivity contribution in [2.75, 3.05) is 0 Å². The minimum Gasteiger partial charge on any atom is -0.341 e. The topological polar surface area (TPSA) is 40.7 Å². The van der Waals surface area contributed by atoms with Crippen molar-refractivity contribution < 1.29 is 4.39 Å². The highest BCUT2D eigenvalue weighted by atomic mass is 19.1. The number of benzene rings is 2. The van der Waals surface area contributed by atoms with E-state index in [1.807, 2.05) is 43.3 Å². The summed E-state index contributed by atoms with van der Waals surface area (Å²) >= 11 is 0. The third-order valence-electron chi connectivity index (χ3n) is 3.71. The summed E-state index contributed by atoms with van der Waals surface area (Å²) in [5.41, 5.74) is 3.60. The van der Waals surface area contributed by atoms with Crippen molar-refractivity contribution in [2.24, 2.45) is 0 Å². The van der Waals surface area contributed by atoms with Crippen LogP contribution in [0.3, 0.4) is 0 Å². The van der Waals surface area contributed by atoms with Gasteiger partial charge in [-0.05, 0) is 43.2 Å². The minimum atomic E-state index is -0.162. The first-order valence-corrected chi connectivity index (χ1v) is 7.06. The molecule has 2 N–H and O–H groups in total. The van der Waals surface area contributed by atoms with E-state index in [1.54, 1.807) is 13.0 Å². The second-order valence-electron chi connectivity index (χ2n) is 5.31. The number of hydrogen-bond acceptors (Lipinski definition) is 2. The number of hydrogen-bond donors (Lipinski definition) is 2. The van der Waals surface area contributed by atoms with Gasteiger partial charge in [-0.1, -0.05) is 24.3 Å². The van der Waals surface area contributed by atoms with E-state index in [0.29, 0.717) is 12.1 Å². The summed E-state index contributed by atoms with van der Waals surface area (Å²) in [4.78, 5) is 7.79. The van der Waals surface area contributed by atoms with Gasteiger partial charge in [0.2, 0.25) is 0 Å². The molecule has 1 heterocycles. The minimum absolute atomic E-state index is 0.0633. The fraction of sp³-hybridized carbons (Fsp3) is 0.235. The second-order valence-corrected chi connectivity index (χ2v) is 5.31. The van der Waals surface area contributed by atoms with Crippen LogP contribution in [0, 0.1) is 12.7 Å². The van der Waals surface area contributed by atoms with Crippen LogP contribution in [0.4, 0.5) is 4.39 Å². The van der Waals surface area contributed by atoms with Gasteiger partial charge in [-0.15, -0.1) is 0 Å². The lowest BCUT2D eigenvalue weighted by molar-refractivity contribution is 0.553. The Morgan fingerprint density at radius 3 is 2.81 bits per heavy atom. The molecule has 0 aliphatic heterocycles. The first kappa shape index (κ1) is 13.8. The molecule has 2 aromatic carbocycles. The van der Waals surface area contributed by atoms with Gasteiger partial charge in [-0.2, -0.15) is 0 Å². The van der Waals surface area contributed by atoms with Gasteiger partial charge < -0.3 is 10.3 Å². The molecule has 1 unspecified atom stereocenters. The monoisotopic (exact) mass is 283 g/mol. The molecule has 0 radical (unpaired) electrons. The van der Waals surface area contributed by atoms with Crippen molar-refractivity contribution in [1.82, 2.24) is 15.3 Å². The maximum atomic E-state index is 13.6. The van der Waals surface area contributed by atoms with Crippen LogP contribution < -0.4 is 5.32 Å². The van der Waals surface area contributed by atoms with Crippen LogP contribution in [0.15, 0.2) is 42.5 Å². The molecule has 3 nitrogen and oxygen atoms in total. The summed E-state index contributed by atoms with van der Waals surface area (Å²) < 4.78 is 13.6. The maximum absolute atomic E-state index is 13.6. The summed E-state index contributed by atoms with van der Waals surface area (Å²) in [5.74, 6) is 0.723. The molecule has 0 aliphatic carbocycles. The van der Waals surface area contributed by atoms with Crippen LogP contribution in [0.25, 0.3) is 11.0 Å². The molecule has 3 aromatic rings. The normalized spacial score (nSPS) is 12.7. The Bertz CT molecular complexity index is 731. The average Bonchev–Trinajstić information content (AvgIpc) is 2.90. The molecule has 0 bridgehead atoms. The SMILES string of the molecule is Cc1ccc(C(C)NCc2nc3ccccc3[nH]2)cc1F. The van der Waals surface area contributed by atoms with Crippen LogP contribution in [0.2, 0.25) is 0 Å². The van der Waals surface area contributed by atoms with E-state index in [1.165, 1.54) is 0 Å². The number of nitrogens with zero attached hydrogens (tertiary/aromatic N) is 1. The number of para-hydroxylation sites is 2. The van der Waals surface area contributed by atoms with Gasteiger partial charge in [0.15, 0.2) is 0 Å². The van der Waals surface area contributed by atoms with Gasteiger partial charge in [0, 0.05) is 6.04 Å². The highest BCUT2D eigenvalue weighted by Crippen LogP contribution is 2.17. The van der Waals surface area contributed by atoms with Crippen molar-refractivity contribution in [3.8, 4) is 0 Å². The second kappa shape index (κ2) is 5.66. The van der Waals surface area contributed by atoms with E-state index in [2.05, 4.69) is 15.3 Å². The lowest BCUT2D eigenvalue weighted by atomic mass is 10.1. The highest BCUT2D eigenvalue weighted by molar-refractivity contribution is 5.74. The van der Waals surface area contributed by atoms with Crippen LogP contribution in [0.1, 0.15) is 29.9 Å². The first-order chi connectivity index (χ1) is 10.1. The van der Waals surface area contributed by atoms with E-state index in [-0.39, 0.29) is 11.9 Å². The number of fused-ring (bicyclic) bond motifs is 1. The summed E-state index contributed by atoms with van der Waals surface area (Å²) in [5, 5.41) is 3.36. The van der Waals surface area contributed by atoms with Crippen molar-refractivity contribution in [1.29, 1.82) is 0 Å². The number of H-pyrrole nitrogens is 1. The first-order valence-electron chi connectivity index (χ1n) is 7.06. The molecule has 0 amide bonds. The van der Waals surface area contributed by atoms with Gasteiger partial charge in [-0.3, -0.25) is 0 Å². The Morgan fingerprint density at radius 2 is 2.05 bits per heavy atom. The van der Waals surface area contributed by atoms with Gasteiger partial charge in [0.25, 0.3) is 0 Å². The lowest BCUT2D eigenvalue weighted by Gasteiger charge is -2.14. The Labute approximate surface area is 123 Å². The van der Waals surface area contributed by atoms with Gasteiger partial charge in [0.1, 0.15) is 11.6 Å². The Balaban J connectivity index is 1.70. The molecular weight excluding hydrogens is 265 g/mol. The van der Waals surface area contributed by atoms with Crippen molar-refractivity contribution in [2.45, 2.75) is 26.4 Å². The molecule has 4 heteroatoms. The third kappa shape index (κ3) is 2.95. The lowest BCUT2D eigenvalue weighted by Crippen LogP contribution is -2.19. The average molecular weight is 283 g/mol. The molecule has 1 aromatic heterocycles. The molecule has 0 aliphatic rings. The summed E-state index contributed by atoms with van der Waals surface area (Å²) in [6.45, 7) is 4.41. The fourth-order valence-electron chi connectivity index (χ4n) is 2.34. The Hall–Kier alpha value is -2.20. The number of aromatic amines is 1. The van der Waals surface area contributed by atoms with E-state index in [0.717, 1.165) is 22.4 Å². The molecular formula is C17H18FN3. The van der Waals surface area contributed by atoms with Crippen molar-refractivity contribution >= 4 is 11.0 Å². The summed E-state index contributed by atoms with van der Waals surface area (Å²) in [7, 11) is 0. The van der Waals surface area contributed by atoms with Crippen LogP contribution in [-0.4, -0.2) is 9.97 Å². The molecule has 21 heavy (non-hydrogen) atoms. The number of aromatic nitrogens is 2. The van der Waals surface area contributed by atoms with Gasteiger partial charge in [-0.25, -0.2) is 9.37 Å². The van der Waals surface area contributed by atoms with Gasteiger partial charge in [0.05, 0.1) is 17.6 Å². The van der Waals surface area contributed by atoms with Crippen LogP contribution in [-0.2, 0) is 6.54 Å². The molecule has 0 fully saturated rings. The standard InChI is InChI=1S/C17H18FN3/c1-11-7-8-13(9-14(11)18)12(2)19-10-17-20-15-5-3-4-6-16(15)21-17/h3-9,12,19H,10H2,1-2H3,(H,20,21). The molecule has 0 saturated carbocycles. The smallest absolute Gasteiger partial charge is 0.126 e.